The third-order valence-corrected chi connectivity index (χ3v) is 3.97. The van der Waals surface area contributed by atoms with E-state index in [0.29, 0.717) is 5.56 Å². The molecule has 0 spiro atoms. The van der Waals surface area contributed by atoms with Gasteiger partial charge in [0.2, 0.25) is 5.91 Å². The van der Waals surface area contributed by atoms with Gasteiger partial charge in [-0.1, -0.05) is 48.5 Å². The summed E-state index contributed by atoms with van der Waals surface area (Å²) in [6, 6.07) is 16.4. The second-order valence-electron chi connectivity index (χ2n) is 5.19. The molecule has 1 unspecified atom stereocenters. The van der Waals surface area contributed by atoms with Crippen LogP contribution in [0, 0.1) is 0 Å². The molecule has 2 N–H and O–H groups in total. The fourth-order valence-electron chi connectivity index (χ4n) is 2.17. The zero-order valence-corrected chi connectivity index (χ0v) is 12.6. The molecule has 2 rings (SSSR count). The predicted octanol–water partition coefficient (Wildman–Crippen LogP) is 3.21. The number of halogens is 1. The molecule has 1 atom stereocenters. The van der Waals surface area contributed by atoms with Crippen molar-refractivity contribution in [3.63, 3.8) is 0 Å². The first kappa shape index (κ1) is 15.4. The Morgan fingerprint density at radius 1 is 1.14 bits per heavy atom. The van der Waals surface area contributed by atoms with Crippen molar-refractivity contribution in [2.75, 3.05) is 5.88 Å². The van der Waals surface area contributed by atoms with Crippen LogP contribution in [0.1, 0.15) is 18.1 Å². The molecule has 0 fully saturated rings. The van der Waals surface area contributed by atoms with Gasteiger partial charge in [-0.25, -0.2) is 0 Å². The number of hydrogen-bond acceptors (Lipinski definition) is 2. The van der Waals surface area contributed by atoms with Gasteiger partial charge in [-0.3, -0.25) is 4.79 Å². The minimum Gasteiger partial charge on any atom is -0.508 e. The molecule has 1 amide bonds. The van der Waals surface area contributed by atoms with Crippen molar-refractivity contribution in [3.8, 4) is 5.75 Å². The number of amides is 1. The molecule has 0 bridgehead atoms. The second-order valence-corrected chi connectivity index (χ2v) is 5.45. The fourth-order valence-corrected chi connectivity index (χ4v) is 2.40. The van der Waals surface area contributed by atoms with Crippen molar-refractivity contribution in [3.05, 3.63) is 65.7 Å². The van der Waals surface area contributed by atoms with E-state index in [1.165, 1.54) is 0 Å². The number of rotatable bonds is 5. The number of phenolic OH excluding ortho intramolecular Hbond substituents is 1. The van der Waals surface area contributed by atoms with Crippen molar-refractivity contribution in [2.24, 2.45) is 0 Å². The maximum absolute atomic E-state index is 12.2. The first-order valence-corrected chi connectivity index (χ1v) is 7.28. The van der Waals surface area contributed by atoms with Gasteiger partial charge >= 0.3 is 0 Å². The average Bonchev–Trinajstić information content (AvgIpc) is 2.50. The molecule has 0 aromatic heterocycles. The first-order chi connectivity index (χ1) is 10.0. The smallest absolute Gasteiger partial charge is 0.225 e. The zero-order chi connectivity index (χ0) is 15.3. The molecule has 0 saturated heterocycles. The number of alkyl halides is 1. The highest BCUT2D eigenvalue weighted by atomic mass is 35.5. The molecule has 0 radical (unpaired) electrons. The van der Waals surface area contributed by atoms with Gasteiger partial charge in [-0.15, -0.1) is 11.6 Å². The number of phenols is 1. The van der Waals surface area contributed by atoms with E-state index in [-0.39, 0.29) is 24.0 Å². The summed E-state index contributed by atoms with van der Waals surface area (Å²) in [5.74, 6) is 0.215. The lowest BCUT2D eigenvalue weighted by Crippen LogP contribution is -2.45. The Labute approximate surface area is 129 Å². The maximum Gasteiger partial charge on any atom is 0.225 e. The van der Waals surface area contributed by atoms with Crippen molar-refractivity contribution in [1.82, 2.24) is 5.32 Å². The molecule has 0 aliphatic heterocycles. The molecule has 0 heterocycles. The molecule has 2 aromatic rings. The Hall–Kier alpha value is -2.00. The van der Waals surface area contributed by atoms with E-state index in [1.807, 2.05) is 37.3 Å². The number of carbonyl (C=O) groups excluding carboxylic acids is 1. The number of aromatic hydroxyl groups is 1. The van der Waals surface area contributed by atoms with Crippen LogP contribution < -0.4 is 5.32 Å². The van der Waals surface area contributed by atoms with Crippen LogP contribution in [-0.4, -0.2) is 16.9 Å². The fraction of sp³-hybridized carbons (Fsp3) is 0.235. The molecule has 0 aliphatic carbocycles. The van der Waals surface area contributed by atoms with Gasteiger partial charge in [0.1, 0.15) is 5.75 Å². The standard InChI is InChI=1S/C17H18ClNO2/c1-17(12-18,14-8-3-2-4-9-14)19-16(21)11-13-7-5-6-10-15(13)20/h2-10,20H,11-12H2,1H3,(H,19,21). The minimum atomic E-state index is -0.635. The highest BCUT2D eigenvalue weighted by molar-refractivity contribution is 6.18. The van der Waals surface area contributed by atoms with E-state index >= 15 is 0 Å². The summed E-state index contributed by atoms with van der Waals surface area (Å²) in [7, 11) is 0. The largest absolute Gasteiger partial charge is 0.508 e. The zero-order valence-electron chi connectivity index (χ0n) is 11.8. The highest BCUT2D eigenvalue weighted by Crippen LogP contribution is 2.23. The lowest BCUT2D eigenvalue weighted by atomic mass is 9.93. The lowest BCUT2D eigenvalue weighted by Gasteiger charge is -2.29. The Balaban J connectivity index is 2.12. The molecule has 21 heavy (non-hydrogen) atoms. The highest BCUT2D eigenvalue weighted by Gasteiger charge is 2.27. The average molecular weight is 304 g/mol. The van der Waals surface area contributed by atoms with E-state index < -0.39 is 5.54 Å². The summed E-state index contributed by atoms with van der Waals surface area (Å²) >= 11 is 6.06. The molecule has 4 heteroatoms. The lowest BCUT2D eigenvalue weighted by molar-refractivity contribution is -0.122. The van der Waals surface area contributed by atoms with Crippen molar-refractivity contribution < 1.29 is 9.90 Å². The van der Waals surface area contributed by atoms with Crippen LogP contribution in [0.3, 0.4) is 0 Å². The maximum atomic E-state index is 12.2. The molecule has 3 nitrogen and oxygen atoms in total. The molecule has 0 saturated carbocycles. The van der Waals surface area contributed by atoms with Gasteiger partial charge in [0, 0.05) is 11.4 Å². The van der Waals surface area contributed by atoms with E-state index in [0.717, 1.165) is 5.56 Å². The van der Waals surface area contributed by atoms with Crippen LogP contribution >= 0.6 is 11.6 Å². The molecule has 0 aliphatic rings. The van der Waals surface area contributed by atoms with E-state index in [2.05, 4.69) is 5.32 Å². The third-order valence-electron chi connectivity index (χ3n) is 3.44. The summed E-state index contributed by atoms with van der Waals surface area (Å²) in [5.41, 5.74) is 0.912. The van der Waals surface area contributed by atoms with Crippen molar-refractivity contribution in [2.45, 2.75) is 18.9 Å². The summed E-state index contributed by atoms with van der Waals surface area (Å²) < 4.78 is 0. The van der Waals surface area contributed by atoms with E-state index in [9.17, 15) is 9.90 Å². The number of carbonyl (C=O) groups is 1. The summed E-state index contributed by atoms with van der Waals surface area (Å²) in [4.78, 5) is 12.2. The van der Waals surface area contributed by atoms with Crippen LogP contribution in [0.15, 0.2) is 54.6 Å². The molecular formula is C17H18ClNO2. The van der Waals surface area contributed by atoms with Crippen LogP contribution in [0.5, 0.6) is 5.75 Å². The summed E-state index contributed by atoms with van der Waals surface area (Å²) in [6.45, 7) is 1.89. The van der Waals surface area contributed by atoms with Gasteiger partial charge in [0.25, 0.3) is 0 Å². The number of nitrogens with one attached hydrogen (secondary N) is 1. The normalized spacial score (nSPS) is 13.4. The van der Waals surface area contributed by atoms with Crippen molar-refractivity contribution >= 4 is 17.5 Å². The summed E-state index contributed by atoms with van der Waals surface area (Å²) in [5, 5.41) is 12.7. The van der Waals surface area contributed by atoms with Crippen LogP contribution in [0.25, 0.3) is 0 Å². The third kappa shape index (κ3) is 3.76. The number of para-hydroxylation sites is 1. The van der Waals surface area contributed by atoms with Crippen LogP contribution in [0.4, 0.5) is 0 Å². The topological polar surface area (TPSA) is 49.3 Å². The molecule has 2 aromatic carbocycles. The van der Waals surface area contributed by atoms with E-state index in [1.54, 1.807) is 24.3 Å². The summed E-state index contributed by atoms with van der Waals surface area (Å²) in [6.07, 6.45) is 0.117. The Morgan fingerprint density at radius 2 is 1.76 bits per heavy atom. The quantitative estimate of drug-likeness (QED) is 0.833. The van der Waals surface area contributed by atoms with Gasteiger partial charge in [-0.2, -0.15) is 0 Å². The number of benzene rings is 2. The SMILES string of the molecule is CC(CCl)(NC(=O)Cc1ccccc1O)c1ccccc1. The Morgan fingerprint density at radius 3 is 2.38 bits per heavy atom. The van der Waals surface area contributed by atoms with Crippen LogP contribution in [0.2, 0.25) is 0 Å². The van der Waals surface area contributed by atoms with Crippen LogP contribution in [-0.2, 0) is 16.8 Å². The Kier molecular flexibility index (Phi) is 4.86. The predicted molar refractivity (Wildman–Crippen MR) is 84.5 cm³/mol. The van der Waals surface area contributed by atoms with E-state index in [4.69, 9.17) is 11.6 Å². The molecular weight excluding hydrogens is 286 g/mol. The van der Waals surface area contributed by atoms with Gasteiger partial charge in [-0.05, 0) is 18.6 Å². The van der Waals surface area contributed by atoms with Crippen molar-refractivity contribution in [1.29, 1.82) is 0 Å². The monoisotopic (exact) mass is 303 g/mol. The number of hydrogen-bond donors (Lipinski definition) is 2. The minimum absolute atomic E-state index is 0.117. The van der Waals surface area contributed by atoms with Gasteiger partial charge in [0.05, 0.1) is 12.0 Å². The Bertz CT molecular complexity index is 615. The molecule has 110 valence electrons. The second kappa shape index (κ2) is 6.64. The van der Waals surface area contributed by atoms with Gasteiger partial charge in [0.15, 0.2) is 0 Å². The first-order valence-electron chi connectivity index (χ1n) is 6.74. The van der Waals surface area contributed by atoms with Gasteiger partial charge < -0.3 is 10.4 Å².